The van der Waals surface area contributed by atoms with Gasteiger partial charge < -0.3 is 10.6 Å². The van der Waals surface area contributed by atoms with Crippen LogP contribution in [0.2, 0.25) is 0 Å². The standard InChI is InChI=1S/C16H15F4N3O/c17-13-5-2-11(3-6-13)15(24)22-9-1-8-21-14-7-4-12(10-23-14)16(18,19)20/h2-7,10H,1,8-9H2,(H,21,23)(H,22,24). The smallest absolute Gasteiger partial charge is 0.370 e. The number of benzene rings is 1. The molecule has 0 bridgehead atoms. The van der Waals surface area contributed by atoms with E-state index >= 15 is 0 Å². The Balaban J connectivity index is 1.69. The van der Waals surface area contributed by atoms with Gasteiger partial charge in [-0.2, -0.15) is 13.2 Å². The molecule has 2 aromatic rings. The SMILES string of the molecule is O=C(NCCCNc1ccc(C(F)(F)F)cn1)c1ccc(F)cc1. The molecule has 2 rings (SSSR count). The predicted molar refractivity (Wildman–Crippen MR) is 81.1 cm³/mol. The minimum atomic E-state index is -4.41. The fourth-order valence-corrected chi connectivity index (χ4v) is 1.88. The number of anilines is 1. The van der Waals surface area contributed by atoms with Gasteiger partial charge in [-0.1, -0.05) is 0 Å². The van der Waals surface area contributed by atoms with E-state index in [1.807, 2.05) is 0 Å². The van der Waals surface area contributed by atoms with E-state index in [0.29, 0.717) is 30.9 Å². The number of nitrogens with one attached hydrogen (secondary N) is 2. The maximum atomic E-state index is 12.7. The lowest BCUT2D eigenvalue weighted by molar-refractivity contribution is -0.137. The van der Waals surface area contributed by atoms with Crippen LogP contribution in [0.1, 0.15) is 22.3 Å². The molecule has 4 nitrogen and oxygen atoms in total. The van der Waals surface area contributed by atoms with Gasteiger partial charge in [-0.3, -0.25) is 4.79 Å². The van der Waals surface area contributed by atoms with Gasteiger partial charge in [0.25, 0.3) is 5.91 Å². The van der Waals surface area contributed by atoms with Gasteiger partial charge in [0.2, 0.25) is 0 Å². The molecular formula is C16H15F4N3O. The van der Waals surface area contributed by atoms with Crippen molar-refractivity contribution in [3.63, 3.8) is 0 Å². The zero-order chi connectivity index (χ0) is 17.6. The molecule has 128 valence electrons. The largest absolute Gasteiger partial charge is 0.417 e. The van der Waals surface area contributed by atoms with Crippen molar-refractivity contribution >= 4 is 11.7 Å². The third-order valence-electron chi connectivity index (χ3n) is 3.14. The molecule has 0 aliphatic carbocycles. The van der Waals surface area contributed by atoms with E-state index in [-0.39, 0.29) is 5.91 Å². The molecule has 0 fully saturated rings. The molecule has 0 spiro atoms. The molecule has 0 radical (unpaired) electrons. The van der Waals surface area contributed by atoms with Crippen molar-refractivity contribution in [2.75, 3.05) is 18.4 Å². The van der Waals surface area contributed by atoms with Crippen LogP contribution in [0.25, 0.3) is 0 Å². The lowest BCUT2D eigenvalue weighted by Gasteiger charge is -2.09. The third kappa shape index (κ3) is 5.22. The number of amides is 1. The summed E-state index contributed by atoms with van der Waals surface area (Å²) in [5, 5.41) is 5.53. The summed E-state index contributed by atoms with van der Waals surface area (Å²) in [5.74, 6) is -0.407. The number of aromatic nitrogens is 1. The average molecular weight is 341 g/mol. The second-order valence-electron chi connectivity index (χ2n) is 4.97. The van der Waals surface area contributed by atoms with E-state index < -0.39 is 17.6 Å². The van der Waals surface area contributed by atoms with Gasteiger partial charge in [0.1, 0.15) is 11.6 Å². The summed E-state index contributed by atoms with van der Waals surface area (Å²) in [7, 11) is 0. The van der Waals surface area contributed by atoms with Crippen LogP contribution in [0, 0.1) is 5.82 Å². The van der Waals surface area contributed by atoms with Crippen molar-refractivity contribution in [1.29, 1.82) is 0 Å². The minimum Gasteiger partial charge on any atom is -0.370 e. The second kappa shape index (κ2) is 7.76. The van der Waals surface area contributed by atoms with Crippen molar-refractivity contribution < 1.29 is 22.4 Å². The van der Waals surface area contributed by atoms with Crippen molar-refractivity contribution in [3.8, 4) is 0 Å². The molecule has 0 unspecified atom stereocenters. The highest BCUT2D eigenvalue weighted by atomic mass is 19.4. The lowest BCUT2D eigenvalue weighted by Crippen LogP contribution is -2.25. The molecule has 0 aliphatic rings. The summed E-state index contributed by atoms with van der Waals surface area (Å²) < 4.78 is 49.9. The summed E-state index contributed by atoms with van der Waals surface area (Å²) in [5.41, 5.74) is -0.451. The van der Waals surface area contributed by atoms with E-state index in [1.54, 1.807) is 0 Å². The fraction of sp³-hybridized carbons (Fsp3) is 0.250. The molecule has 0 saturated carbocycles. The first-order valence-corrected chi connectivity index (χ1v) is 7.17. The molecule has 1 heterocycles. The van der Waals surface area contributed by atoms with Crippen LogP contribution >= 0.6 is 0 Å². The Morgan fingerprint density at radius 2 is 1.75 bits per heavy atom. The predicted octanol–water partition coefficient (Wildman–Crippen LogP) is 3.47. The van der Waals surface area contributed by atoms with Gasteiger partial charge in [0, 0.05) is 24.8 Å². The monoisotopic (exact) mass is 341 g/mol. The summed E-state index contributed by atoms with van der Waals surface area (Å²) in [6, 6.07) is 7.37. The molecule has 1 aromatic carbocycles. The molecule has 1 aromatic heterocycles. The third-order valence-corrected chi connectivity index (χ3v) is 3.14. The van der Waals surface area contributed by atoms with Crippen molar-refractivity contribution in [1.82, 2.24) is 10.3 Å². The van der Waals surface area contributed by atoms with E-state index in [2.05, 4.69) is 15.6 Å². The van der Waals surface area contributed by atoms with E-state index in [1.165, 1.54) is 30.3 Å². The van der Waals surface area contributed by atoms with Crippen LogP contribution in [0.15, 0.2) is 42.6 Å². The number of rotatable bonds is 6. The van der Waals surface area contributed by atoms with Crippen LogP contribution < -0.4 is 10.6 Å². The minimum absolute atomic E-state index is 0.317. The molecule has 0 aliphatic heterocycles. The summed E-state index contributed by atoms with van der Waals surface area (Å²) >= 11 is 0. The quantitative estimate of drug-likeness (QED) is 0.625. The summed E-state index contributed by atoms with van der Waals surface area (Å²) in [4.78, 5) is 15.4. The van der Waals surface area contributed by atoms with Crippen molar-refractivity contribution in [2.45, 2.75) is 12.6 Å². The number of pyridine rings is 1. The highest BCUT2D eigenvalue weighted by Crippen LogP contribution is 2.28. The zero-order valence-corrected chi connectivity index (χ0v) is 12.5. The van der Waals surface area contributed by atoms with Gasteiger partial charge in [-0.05, 0) is 42.8 Å². The van der Waals surface area contributed by atoms with Crippen molar-refractivity contribution in [3.05, 3.63) is 59.5 Å². The number of carbonyl (C=O) groups is 1. The fourth-order valence-electron chi connectivity index (χ4n) is 1.88. The summed E-state index contributed by atoms with van der Waals surface area (Å²) in [6.45, 7) is 0.798. The summed E-state index contributed by atoms with van der Waals surface area (Å²) in [6.07, 6.45) is -3.09. The van der Waals surface area contributed by atoms with Gasteiger partial charge in [0.05, 0.1) is 5.56 Å². The number of nitrogens with zero attached hydrogens (tertiary/aromatic N) is 1. The number of hydrogen-bond acceptors (Lipinski definition) is 3. The highest BCUT2D eigenvalue weighted by Gasteiger charge is 2.30. The average Bonchev–Trinajstić information content (AvgIpc) is 2.54. The number of hydrogen-bond donors (Lipinski definition) is 2. The van der Waals surface area contributed by atoms with Gasteiger partial charge in [0.15, 0.2) is 0 Å². The zero-order valence-electron chi connectivity index (χ0n) is 12.5. The van der Waals surface area contributed by atoms with Crippen LogP contribution in [-0.4, -0.2) is 24.0 Å². The molecule has 8 heteroatoms. The van der Waals surface area contributed by atoms with E-state index in [9.17, 15) is 22.4 Å². The first kappa shape index (κ1) is 17.7. The second-order valence-corrected chi connectivity index (χ2v) is 4.97. The Bertz CT molecular complexity index is 669. The van der Waals surface area contributed by atoms with Gasteiger partial charge in [-0.25, -0.2) is 9.37 Å². The first-order chi connectivity index (χ1) is 11.4. The van der Waals surface area contributed by atoms with Crippen LogP contribution in [0.3, 0.4) is 0 Å². The first-order valence-electron chi connectivity index (χ1n) is 7.17. The Labute approximate surface area is 135 Å². The Kier molecular flexibility index (Phi) is 5.73. The van der Waals surface area contributed by atoms with Gasteiger partial charge >= 0.3 is 6.18 Å². The van der Waals surface area contributed by atoms with Crippen LogP contribution in [0.5, 0.6) is 0 Å². The number of alkyl halides is 3. The van der Waals surface area contributed by atoms with Gasteiger partial charge in [-0.15, -0.1) is 0 Å². The molecule has 0 saturated heterocycles. The van der Waals surface area contributed by atoms with Crippen molar-refractivity contribution in [2.24, 2.45) is 0 Å². The number of carbonyl (C=O) groups excluding carboxylic acids is 1. The molecule has 24 heavy (non-hydrogen) atoms. The molecule has 2 N–H and O–H groups in total. The lowest BCUT2D eigenvalue weighted by atomic mass is 10.2. The Hall–Kier alpha value is -2.64. The Morgan fingerprint density at radius 1 is 1.04 bits per heavy atom. The van der Waals surface area contributed by atoms with Crippen LogP contribution in [-0.2, 0) is 6.18 Å². The molecule has 1 amide bonds. The normalized spacial score (nSPS) is 11.2. The Morgan fingerprint density at radius 3 is 2.33 bits per heavy atom. The maximum absolute atomic E-state index is 12.7. The van der Waals surface area contributed by atoms with E-state index in [4.69, 9.17) is 0 Å². The molecule has 0 atom stereocenters. The number of halogens is 4. The topological polar surface area (TPSA) is 54.0 Å². The maximum Gasteiger partial charge on any atom is 0.417 e. The van der Waals surface area contributed by atoms with Crippen LogP contribution in [0.4, 0.5) is 23.4 Å². The highest BCUT2D eigenvalue weighted by molar-refractivity contribution is 5.94. The molecular weight excluding hydrogens is 326 g/mol. The van der Waals surface area contributed by atoms with E-state index in [0.717, 1.165) is 12.3 Å².